The van der Waals surface area contributed by atoms with Gasteiger partial charge in [0.2, 0.25) is 0 Å². The Kier molecular flexibility index (Phi) is 6.40. The lowest BCUT2D eigenvalue weighted by Gasteiger charge is -2.31. The molecule has 0 spiro atoms. The third-order valence-corrected chi connectivity index (χ3v) is 5.56. The molecule has 0 N–H and O–H groups in total. The lowest BCUT2D eigenvalue weighted by atomic mass is 10.1. The van der Waals surface area contributed by atoms with Crippen LogP contribution in [0.5, 0.6) is 0 Å². The smallest absolute Gasteiger partial charge is 0.416 e. The van der Waals surface area contributed by atoms with Crippen molar-refractivity contribution in [3.63, 3.8) is 0 Å². The van der Waals surface area contributed by atoms with Gasteiger partial charge in [-0.15, -0.1) is 0 Å². The number of pyridine rings is 1. The van der Waals surface area contributed by atoms with Crippen molar-refractivity contribution in [2.24, 2.45) is 0 Å². The van der Waals surface area contributed by atoms with Crippen molar-refractivity contribution >= 4 is 11.9 Å². The molecule has 1 atom stereocenters. The van der Waals surface area contributed by atoms with Crippen LogP contribution in [-0.2, 0) is 4.74 Å². The van der Waals surface area contributed by atoms with Gasteiger partial charge in [0.15, 0.2) is 0 Å². The molecule has 0 bridgehead atoms. The summed E-state index contributed by atoms with van der Waals surface area (Å²) < 4.78 is 5.68. The zero-order valence-electron chi connectivity index (χ0n) is 17.4. The van der Waals surface area contributed by atoms with Crippen LogP contribution in [0.4, 0.5) is 10.6 Å². The summed E-state index contributed by atoms with van der Waals surface area (Å²) >= 11 is 0. The minimum Gasteiger partial charge on any atom is -0.443 e. The quantitative estimate of drug-likeness (QED) is 0.701. The SMILES string of the molecule is CCCN1CCC[C@@H]1c1ccc(N(C(=O)OC(C)(C)C)C2CCCC2)nc1. The van der Waals surface area contributed by atoms with Crippen molar-refractivity contribution in [3.8, 4) is 0 Å². The van der Waals surface area contributed by atoms with Crippen LogP contribution in [0.2, 0.25) is 0 Å². The number of carbonyl (C=O) groups excluding carboxylic acids is 1. The van der Waals surface area contributed by atoms with Crippen molar-refractivity contribution in [1.29, 1.82) is 0 Å². The molecule has 1 aliphatic carbocycles. The monoisotopic (exact) mass is 373 g/mol. The van der Waals surface area contributed by atoms with E-state index in [-0.39, 0.29) is 12.1 Å². The van der Waals surface area contributed by atoms with Crippen LogP contribution in [0.15, 0.2) is 18.3 Å². The molecule has 2 heterocycles. The average molecular weight is 374 g/mol. The van der Waals surface area contributed by atoms with E-state index in [9.17, 15) is 4.79 Å². The molecule has 1 saturated heterocycles. The standard InChI is InChI=1S/C22H35N3O2/c1-5-14-24-15-8-11-19(24)17-12-13-20(23-16-17)25(18-9-6-7-10-18)21(26)27-22(2,3)4/h12-13,16,18-19H,5-11,14-15H2,1-4H3/t19-/m1/s1. The van der Waals surface area contributed by atoms with Gasteiger partial charge in [0, 0.05) is 18.3 Å². The molecule has 0 unspecified atom stereocenters. The highest BCUT2D eigenvalue weighted by Gasteiger charge is 2.33. The van der Waals surface area contributed by atoms with Crippen molar-refractivity contribution in [1.82, 2.24) is 9.88 Å². The Morgan fingerprint density at radius 1 is 1.22 bits per heavy atom. The van der Waals surface area contributed by atoms with E-state index in [1.54, 1.807) is 4.90 Å². The Labute approximate surface area is 164 Å². The summed E-state index contributed by atoms with van der Waals surface area (Å²) in [6.07, 6.45) is 9.69. The van der Waals surface area contributed by atoms with Gasteiger partial charge < -0.3 is 4.74 Å². The van der Waals surface area contributed by atoms with E-state index >= 15 is 0 Å². The highest BCUT2D eigenvalue weighted by molar-refractivity contribution is 5.87. The number of rotatable bonds is 5. The average Bonchev–Trinajstić information content (AvgIpc) is 3.27. The number of amides is 1. The molecular weight excluding hydrogens is 338 g/mol. The molecule has 5 nitrogen and oxygen atoms in total. The number of hydrogen-bond acceptors (Lipinski definition) is 4. The largest absolute Gasteiger partial charge is 0.443 e. The second-order valence-electron chi connectivity index (χ2n) is 8.93. The molecule has 27 heavy (non-hydrogen) atoms. The normalized spacial score (nSPS) is 21.6. The van der Waals surface area contributed by atoms with E-state index in [4.69, 9.17) is 9.72 Å². The van der Waals surface area contributed by atoms with Gasteiger partial charge in [-0.3, -0.25) is 9.80 Å². The number of hydrogen-bond donors (Lipinski definition) is 0. The van der Waals surface area contributed by atoms with Crippen LogP contribution in [-0.4, -0.2) is 40.7 Å². The first-order valence-corrected chi connectivity index (χ1v) is 10.6. The molecule has 2 fully saturated rings. The fourth-order valence-electron chi connectivity index (χ4n) is 4.40. The zero-order valence-corrected chi connectivity index (χ0v) is 17.4. The Balaban J connectivity index is 1.79. The molecule has 1 amide bonds. The zero-order chi connectivity index (χ0) is 19.4. The number of carbonyl (C=O) groups is 1. The molecule has 3 rings (SSSR count). The van der Waals surface area contributed by atoms with Crippen LogP contribution >= 0.6 is 0 Å². The Hall–Kier alpha value is -1.62. The lowest BCUT2D eigenvalue weighted by Crippen LogP contribution is -2.43. The minimum absolute atomic E-state index is 0.196. The van der Waals surface area contributed by atoms with E-state index in [1.807, 2.05) is 33.0 Å². The number of likely N-dealkylation sites (tertiary alicyclic amines) is 1. The van der Waals surface area contributed by atoms with Crippen molar-refractivity contribution in [3.05, 3.63) is 23.9 Å². The number of anilines is 1. The fourth-order valence-corrected chi connectivity index (χ4v) is 4.40. The third kappa shape index (κ3) is 5.01. The molecule has 1 saturated carbocycles. The van der Waals surface area contributed by atoms with E-state index in [1.165, 1.54) is 31.4 Å². The third-order valence-electron chi connectivity index (χ3n) is 5.56. The first-order chi connectivity index (χ1) is 12.9. The van der Waals surface area contributed by atoms with Crippen LogP contribution < -0.4 is 4.90 Å². The summed E-state index contributed by atoms with van der Waals surface area (Å²) in [5, 5.41) is 0. The van der Waals surface area contributed by atoms with Crippen LogP contribution in [0, 0.1) is 0 Å². The summed E-state index contributed by atoms with van der Waals surface area (Å²) in [6.45, 7) is 10.3. The number of aromatic nitrogens is 1. The van der Waals surface area contributed by atoms with Gasteiger partial charge in [0.1, 0.15) is 11.4 Å². The molecule has 150 valence electrons. The number of nitrogens with zero attached hydrogens (tertiary/aromatic N) is 3. The summed E-state index contributed by atoms with van der Waals surface area (Å²) in [4.78, 5) is 21.9. The van der Waals surface area contributed by atoms with Gasteiger partial charge in [-0.05, 0) is 77.6 Å². The highest BCUT2D eigenvalue weighted by atomic mass is 16.6. The topological polar surface area (TPSA) is 45.7 Å². The summed E-state index contributed by atoms with van der Waals surface area (Å²) in [5.41, 5.74) is 0.763. The first-order valence-electron chi connectivity index (χ1n) is 10.6. The molecule has 0 radical (unpaired) electrons. The van der Waals surface area contributed by atoms with Crippen molar-refractivity contribution in [2.75, 3.05) is 18.0 Å². The maximum atomic E-state index is 12.9. The van der Waals surface area contributed by atoms with E-state index in [0.29, 0.717) is 6.04 Å². The van der Waals surface area contributed by atoms with E-state index in [2.05, 4.69) is 17.9 Å². The maximum Gasteiger partial charge on any atom is 0.416 e. The van der Waals surface area contributed by atoms with Crippen LogP contribution in [0.3, 0.4) is 0 Å². The van der Waals surface area contributed by atoms with E-state index < -0.39 is 5.60 Å². The van der Waals surface area contributed by atoms with E-state index in [0.717, 1.165) is 38.0 Å². The van der Waals surface area contributed by atoms with Crippen LogP contribution in [0.1, 0.15) is 84.2 Å². The molecule has 1 aliphatic heterocycles. The molecular formula is C22H35N3O2. The summed E-state index contributed by atoms with van der Waals surface area (Å²) in [7, 11) is 0. The molecule has 2 aliphatic rings. The Morgan fingerprint density at radius 2 is 1.96 bits per heavy atom. The second kappa shape index (κ2) is 8.59. The molecule has 0 aromatic carbocycles. The first kappa shape index (κ1) is 20.1. The predicted octanol–water partition coefficient (Wildman–Crippen LogP) is 5.31. The Morgan fingerprint density at radius 3 is 2.56 bits per heavy atom. The number of ether oxygens (including phenoxy) is 1. The van der Waals surface area contributed by atoms with Gasteiger partial charge in [-0.1, -0.05) is 25.8 Å². The fraction of sp³-hybridized carbons (Fsp3) is 0.727. The van der Waals surface area contributed by atoms with Gasteiger partial charge in [-0.25, -0.2) is 9.78 Å². The van der Waals surface area contributed by atoms with Gasteiger partial charge in [-0.2, -0.15) is 0 Å². The van der Waals surface area contributed by atoms with Crippen LogP contribution in [0.25, 0.3) is 0 Å². The Bertz CT molecular complexity index is 617. The van der Waals surface area contributed by atoms with Gasteiger partial charge >= 0.3 is 6.09 Å². The van der Waals surface area contributed by atoms with Crippen molar-refractivity contribution in [2.45, 2.75) is 90.3 Å². The summed E-state index contributed by atoms with van der Waals surface area (Å²) in [6, 6.07) is 4.84. The second-order valence-corrected chi connectivity index (χ2v) is 8.93. The van der Waals surface area contributed by atoms with Gasteiger partial charge in [0.25, 0.3) is 0 Å². The molecule has 1 aromatic heterocycles. The lowest BCUT2D eigenvalue weighted by molar-refractivity contribution is 0.0564. The van der Waals surface area contributed by atoms with Crippen molar-refractivity contribution < 1.29 is 9.53 Å². The summed E-state index contributed by atoms with van der Waals surface area (Å²) in [5.74, 6) is 0.722. The van der Waals surface area contributed by atoms with Gasteiger partial charge in [0.05, 0.1) is 0 Å². The predicted molar refractivity (Wildman–Crippen MR) is 109 cm³/mol. The minimum atomic E-state index is -0.502. The maximum absolute atomic E-state index is 12.9. The molecule has 5 heteroatoms. The molecule has 1 aromatic rings. The highest BCUT2D eigenvalue weighted by Crippen LogP contribution is 2.33.